The molecule has 0 aliphatic carbocycles. The molecule has 0 saturated carbocycles. The molecule has 0 spiro atoms. The Bertz CT molecular complexity index is 1760. The Balaban J connectivity index is 5.57. The molecule has 66 heavy (non-hydrogen) atoms. The summed E-state index contributed by atoms with van der Waals surface area (Å²) in [4.78, 5) is 150. The van der Waals surface area contributed by atoms with Gasteiger partial charge in [-0.15, -0.1) is 0 Å². The number of aliphatic hydroxyl groups excluding tert-OH is 2. The molecule has 0 aliphatic heterocycles. The number of thiol groups is 1. The van der Waals surface area contributed by atoms with E-state index in [-0.39, 0.29) is 6.42 Å². The van der Waals surface area contributed by atoms with Crippen molar-refractivity contribution < 1.29 is 78.0 Å². The molecule has 0 unspecified atom stereocenters. The van der Waals surface area contributed by atoms with Crippen LogP contribution >= 0.6 is 24.4 Å². The van der Waals surface area contributed by atoms with E-state index in [0.29, 0.717) is 12.2 Å². The maximum absolute atomic E-state index is 13.6. The SMILES string of the molecule is CC[C@H](C)[C@H](NC(=O)[C@H](CCSC)NC(=O)[C@@H](NC(=O)[C@@H](N)CC(N)=O)[C@@H](C)O)C(=O)N[C@@H](C)C(=O)N[C@@H](C)C(=O)NCC(=O)N[C@@H](CO)C(=O)N[C@@H](CS)C(=O)N[C@@H](CC(=O)O)C(=O)O. The van der Waals surface area contributed by atoms with Crippen LogP contribution in [0.4, 0.5) is 0 Å². The monoisotopic (exact) mass is 981 g/mol. The molecule has 10 amide bonds. The van der Waals surface area contributed by atoms with Gasteiger partial charge in [0.05, 0.1) is 38.1 Å². The highest BCUT2D eigenvalue weighted by Crippen LogP contribution is 2.11. The van der Waals surface area contributed by atoms with Gasteiger partial charge in [-0.05, 0) is 45.1 Å². The number of carbonyl (C=O) groups excluding carboxylic acids is 10. The third-order valence-electron chi connectivity index (χ3n) is 9.43. The first-order valence-corrected chi connectivity index (χ1v) is 22.3. The first-order valence-electron chi connectivity index (χ1n) is 20.3. The largest absolute Gasteiger partial charge is 0.481 e. The van der Waals surface area contributed by atoms with Gasteiger partial charge in [0.2, 0.25) is 59.1 Å². The zero-order valence-electron chi connectivity index (χ0n) is 37.2. The minimum absolute atomic E-state index is 0.0423. The lowest BCUT2D eigenvalue weighted by molar-refractivity contribution is -0.147. The first-order chi connectivity index (χ1) is 30.7. The van der Waals surface area contributed by atoms with Crippen molar-refractivity contribution in [2.45, 2.75) is 121 Å². The van der Waals surface area contributed by atoms with Crippen molar-refractivity contribution in [3.63, 3.8) is 0 Å². The Kier molecular flexibility index (Phi) is 27.8. The molecule has 0 heterocycles. The van der Waals surface area contributed by atoms with E-state index in [1.807, 2.05) is 5.32 Å². The van der Waals surface area contributed by atoms with E-state index >= 15 is 0 Å². The van der Waals surface area contributed by atoms with E-state index in [0.717, 1.165) is 0 Å². The second-order valence-corrected chi connectivity index (χ2v) is 16.3. The number of thioether (sulfide) groups is 1. The minimum Gasteiger partial charge on any atom is -0.481 e. The van der Waals surface area contributed by atoms with Gasteiger partial charge in [0.1, 0.15) is 48.3 Å². The number of carboxylic acids is 2. The Morgan fingerprint density at radius 3 is 1.62 bits per heavy atom. The average Bonchev–Trinajstić information content (AvgIpc) is 3.24. The second kappa shape index (κ2) is 30.4. The lowest BCUT2D eigenvalue weighted by atomic mass is 9.97. The maximum atomic E-state index is 13.6. The highest BCUT2D eigenvalue weighted by molar-refractivity contribution is 7.98. The van der Waals surface area contributed by atoms with Crippen LogP contribution in [0.3, 0.4) is 0 Å². The lowest BCUT2D eigenvalue weighted by Crippen LogP contribution is -2.61. The van der Waals surface area contributed by atoms with Crippen LogP contribution in [0.5, 0.6) is 0 Å². The van der Waals surface area contributed by atoms with Gasteiger partial charge >= 0.3 is 11.9 Å². The van der Waals surface area contributed by atoms with E-state index in [2.05, 4.69) is 55.2 Å². The summed E-state index contributed by atoms with van der Waals surface area (Å²) in [7, 11) is 0. The third-order valence-corrected chi connectivity index (χ3v) is 10.4. The predicted molar refractivity (Wildman–Crippen MR) is 237 cm³/mol. The molecule has 0 bridgehead atoms. The molecule has 0 radical (unpaired) electrons. The number of carboxylic acid groups (broad SMARTS) is 2. The standard InChI is InChI=1S/C37H63N11O16S2/c1-7-15(2)27(47-32(58)20(8-9-66-6)44-36(62)28(18(5)50)48-31(57)19(38)10-24(39)51)35(61)42-17(4)30(56)41-16(3)29(55)40-12-25(52)43-22(13-49)33(59)46-23(14-65)34(60)45-21(37(63)64)11-26(53)54/h15-23,27-28,49-50,65H,7-14,38H2,1-6H3,(H2,39,51)(H,40,55)(H,41,56)(H,42,61)(H,43,52)(H,44,62)(H,45,60)(H,46,59)(H,47,58)(H,48,57)(H,53,54)(H,63,64)/t15-,16-,17-,18+,19-,20-,21-,22-,23-,27-,28-/m0/s1. The molecule has 11 atom stereocenters. The minimum atomic E-state index is -1.84. The molecule has 17 N–H and O–H groups in total. The van der Waals surface area contributed by atoms with Crippen molar-refractivity contribution in [2.24, 2.45) is 17.4 Å². The average molecular weight is 982 g/mol. The van der Waals surface area contributed by atoms with Crippen molar-refractivity contribution >= 4 is 95.4 Å². The summed E-state index contributed by atoms with van der Waals surface area (Å²) in [6.45, 7) is 5.30. The van der Waals surface area contributed by atoms with Gasteiger partial charge in [0, 0.05) is 5.75 Å². The van der Waals surface area contributed by atoms with Crippen LogP contribution in [0.25, 0.3) is 0 Å². The Labute approximate surface area is 389 Å². The fourth-order valence-electron chi connectivity index (χ4n) is 5.34. The molecule has 374 valence electrons. The molecule has 29 heteroatoms. The van der Waals surface area contributed by atoms with E-state index in [9.17, 15) is 67.7 Å². The molecule has 0 rings (SSSR count). The first kappa shape index (κ1) is 60.2. The number of carbonyl (C=O) groups is 12. The van der Waals surface area contributed by atoms with Crippen molar-refractivity contribution in [2.75, 3.05) is 30.9 Å². The van der Waals surface area contributed by atoms with Crippen molar-refractivity contribution in [3.05, 3.63) is 0 Å². The summed E-state index contributed by atoms with van der Waals surface area (Å²) in [5, 5.41) is 58.5. The van der Waals surface area contributed by atoms with Crippen LogP contribution in [0.15, 0.2) is 0 Å². The van der Waals surface area contributed by atoms with Crippen LogP contribution in [0, 0.1) is 5.92 Å². The number of rotatable bonds is 31. The second-order valence-electron chi connectivity index (χ2n) is 14.9. The smallest absolute Gasteiger partial charge is 0.326 e. The van der Waals surface area contributed by atoms with Gasteiger partial charge in [-0.25, -0.2) is 4.79 Å². The molecule has 0 aromatic rings. The van der Waals surface area contributed by atoms with Crippen LogP contribution in [0.2, 0.25) is 0 Å². The summed E-state index contributed by atoms with van der Waals surface area (Å²) in [6.07, 6.45) is -0.860. The number of hydrogen-bond acceptors (Lipinski definition) is 17. The summed E-state index contributed by atoms with van der Waals surface area (Å²) < 4.78 is 0. The lowest BCUT2D eigenvalue weighted by Gasteiger charge is -2.29. The van der Waals surface area contributed by atoms with Gasteiger partial charge in [0.25, 0.3) is 0 Å². The zero-order valence-corrected chi connectivity index (χ0v) is 38.9. The summed E-state index contributed by atoms with van der Waals surface area (Å²) in [6, 6.07) is -13.2. The number of hydrogen-bond donors (Lipinski definition) is 16. The maximum Gasteiger partial charge on any atom is 0.326 e. The molecule has 27 nitrogen and oxygen atoms in total. The number of nitrogens with one attached hydrogen (secondary N) is 9. The highest BCUT2D eigenvalue weighted by Gasteiger charge is 2.35. The van der Waals surface area contributed by atoms with Crippen molar-refractivity contribution in [1.82, 2.24) is 47.9 Å². The van der Waals surface area contributed by atoms with Gasteiger partial charge in [-0.2, -0.15) is 24.4 Å². The molecule has 0 aromatic heterocycles. The molecule has 0 saturated heterocycles. The fourth-order valence-corrected chi connectivity index (χ4v) is 6.07. The van der Waals surface area contributed by atoms with E-state index in [1.54, 1.807) is 20.1 Å². The molecular weight excluding hydrogens is 919 g/mol. The summed E-state index contributed by atoms with van der Waals surface area (Å²) in [5.41, 5.74) is 10.7. The summed E-state index contributed by atoms with van der Waals surface area (Å²) >= 11 is 5.25. The highest BCUT2D eigenvalue weighted by atomic mass is 32.2. The number of amides is 10. The Morgan fingerprint density at radius 2 is 1.12 bits per heavy atom. The molecular formula is C37H63N11O16S2. The third kappa shape index (κ3) is 21.9. The van der Waals surface area contributed by atoms with Gasteiger partial charge in [-0.1, -0.05) is 20.3 Å². The molecule has 0 aromatic carbocycles. The fraction of sp³-hybridized carbons (Fsp3) is 0.676. The van der Waals surface area contributed by atoms with E-state index < -0.39 is 169 Å². The summed E-state index contributed by atoms with van der Waals surface area (Å²) in [5.74, 6) is -13.3. The van der Waals surface area contributed by atoms with Crippen LogP contribution in [0.1, 0.15) is 60.3 Å². The van der Waals surface area contributed by atoms with Gasteiger partial charge < -0.3 is 79.7 Å². The van der Waals surface area contributed by atoms with E-state index in [4.69, 9.17) is 21.7 Å². The van der Waals surface area contributed by atoms with Gasteiger partial charge in [0.15, 0.2) is 0 Å². The van der Waals surface area contributed by atoms with Crippen LogP contribution < -0.4 is 59.3 Å². The normalized spacial score (nSPS) is 15.9. The van der Waals surface area contributed by atoms with Crippen molar-refractivity contribution in [3.8, 4) is 0 Å². The number of primary amides is 1. The number of aliphatic carboxylic acids is 2. The van der Waals surface area contributed by atoms with Crippen molar-refractivity contribution in [1.29, 1.82) is 0 Å². The number of aliphatic hydroxyl groups is 2. The van der Waals surface area contributed by atoms with Crippen LogP contribution in [-0.2, 0) is 57.5 Å². The molecule has 0 fully saturated rings. The predicted octanol–water partition coefficient (Wildman–Crippen LogP) is -7.12. The quantitative estimate of drug-likeness (QED) is 0.0287. The zero-order chi connectivity index (χ0) is 51.0. The Morgan fingerprint density at radius 1 is 0.621 bits per heavy atom. The molecule has 0 aliphatic rings. The Hall–Kier alpha value is -5.78. The van der Waals surface area contributed by atoms with Gasteiger partial charge in [-0.3, -0.25) is 52.7 Å². The topological polar surface area (TPSA) is 446 Å². The van der Waals surface area contributed by atoms with E-state index in [1.165, 1.54) is 32.5 Å². The number of nitrogens with two attached hydrogens (primary N) is 2. The van der Waals surface area contributed by atoms with Crippen LogP contribution in [-0.4, -0.2) is 183 Å².